The Kier molecular flexibility index (Phi) is 4.70. The summed E-state index contributed by atoms with van der Waals surface area (Å²) >= 11 is 12.0. The topological polar surface area (TPSA) is 35.2 Å². The highest BCUT2D eigenvalue weighted by Crippen LogP contribution is 2.31. The molecule has 0 heterocycles. The Morgan fingerprint density at radius 3 is 2.37 bits per heavy atom. The third kappa shape index (κ3) is 3.41. The molecule has 19 heavy (non-hydrogen) atoms. The Balaban J connectivity index is 2.40. The van der Waals surface area contributed by atoms with Crippen LogP contribution >= 0.6 is 23.2 Å². The minimum absolute atomic E-state index is 0.320. The van der Waals surface area contributed by atoms with Gasteiger partial charge in [-0.1, -0.05) is 41.4 Å². The maximum absolute atomic E-state index is 6.29. The molecule has 4 heteroatoms. The predicted molar refractivity (Wildman–Crippen MR) is 80.1 cm³/mol. The molecule has 2 aromatic rings. The van der Waals surface area contributed by atoms with Gasteiger partial charge in [0, 0.05) is 15.6 Å². The molecule has 2 N–H and O–H groups in total. The van der Waals surface area contributed by atoms with E-state index in [0.717, 1.165) is 16.9 Å². The zero-order chi connectivity index (χ0) is 13.8. The van der Waals surface area contributed by atoms with Crippen LogP contribution in [-0.4, -0.2) is 6.61 Å². The number of rotatable bonds is 4. The van der Waals surface area contributed by atoms with Gasteiger partial charge in [0.15, 0.2) is 0 Å². The number of halogens is 2. The van der Waals surface area contributed by atoms with Crippen LogP contribution in [0.15, 0.2) is 42.5 Å². The fourth-order valence-corrected chi connectivity index (χ4v) is 2.50. The van der Waals surface area contributed by atoms with E-state index in [2.05, 4.69) is 0 Å². The molecule has 0 aromatic heterocycles. The standard InChI is InChI=1S/C15H15Cl2NO/c1-2-19-14-6-4-3-5-13(14)15(18)10-7-11(16)9-12(17)8-10/h3-9,15H,2,18H2,1H3. The number of hydrogen-bond donors (Lipinski definition) is 1. The van der Waals surface area contributed by atoms with Crippen molar-refractivity contribution in [3.63, 3.8) is 0 Å². The van der Waals surface area contributed by atoms with Gasteiger partial charge in [-0.05, 0) is 36.8 Å². The van der Waals surface area contributed by atoms with E-state index in [4.69, 9.17) is 33.7 Å². The Hall–Kier alpha value is -1.22. The summed E-state index contributed by atoms with van der Waals surface area (Å²) in [5.74, 6) is 0.786. The van der Waals surface area contributed by atoms with Crippen molar-refractivity contribution in [2.75, 3.05) is 6.61 Å². The fraction of sp³-hybridized carbons (Fsp3) is 0.200. The molecular formula is C15H15Cl2NO. The van der Waals surface area contributed by atoms with Gasteiger partial charge in [0.25, 0.3) is 0 Å². The van der Waals surface area contributed by atoms with E-state index in [-0.39, 0.29) is 6.04 Å². The lowest BCUT2D eigenvalue weighted by atomic mass is 9.99. The van der Waals surface area contributed by atoms with Gasteiger partial charge < -0.3 is 10.5 Å². The van der Waals surface area contributed by atoms with E-state index in [9.17, 15) is 0 Å². The first-order valence-corrected chi connectivity index (χ1v) is 6.80. The zero-order valence-corrected chi connectivity index (χ0v) is 12.1. The van der Waals surface area contributed by atoms with E-state index in [0.29, 0.717) is 16.7 Å². The van der Waals surface area contributed by atoms with Crippen molar-refractivity contribution in [1.29, 1.82) is 0 Å². The lowest BCUT2D eigenvalue weighted by molar-refractivity contribution is 0.335. The monoisotopic (exact) mass is 295 g/mol. The van der Waals surface area contributed by atoms with E-state index < -0.39 is 0 Å². The molecule has 2 nitrogen and oxygen atoms in total. The predicted octanol–water partition coefficient (Wildman–Crippen LogP) is 4.44. The molecule has 1 unspecified atom stereocenters. The molecule has 0 saturated carbocycles. The molecular weight excluding hydrogens is 281 g/mol. The van der Waals surface area contributed by atoms with Crippen molar-refractivity contribution in [3.8, 4) is 5.75 Å². The first-order chi connectivity index (χ1) is 9.11. The smallest absolute Gasteiger partial charge is 0.124 e. The van der Waals surface area contributed by atoms with Crippen molar-refractivity contribution in [3.05, 3.63) is 63.6 Å². The molecule has 0 aliphatic carbocycles. The van der Waals surface area contributed by atoms with Crippen LogP contribution in [0.5, 0.6) is 5.75 Å². The van der Waals surface area contributed by atoms with Crippen molar-refractivity contribution < 1.29 is 4.74 Å². The summed E-state index contributed by atoms with van der Waals surface area (Å²) in [6, 6.07) is 12.7. The van der Waals surface area contributed by atoms with Crippen LogP contribution in [0.1, 0.15) is 24.1 Å². The Morgan fingerprint density at radius 2 is 1.74 bits per heavy atom. The fourth-order valence-electron chi connectivity index (χ4n) is 1.96. The van der Waals surface area contributed by atoms with E-state index in [1.165, 1.54) is 0 Å². The second-order valence-electron chi connectivity index (χ2n) is 4.15. The summed E-state index contributed by atoms with van der Waals surface area (Å²) < 4.78 is 5.59. The maximum atomic E-state index is 6.29. The molecule has 0 aliphatic rings. The molecule has 2 aromatic carbocycles. The van der Waals surface area contributed by atoms with Crippen molar-refractivity contribution in [2.24, 2.45) is 5.73 Å². The third-order valence-corrected chi connectivity index (χ3v) is 3.23. The molecule has 0 saturated heterocycles. The van der Waals surface area contributed by atoms with Crippen LogP contribution < -0.4 is 10.5 Å². The summed E-state index contributed by atoms with van der Waals surface area (Å²) in [6.07, 6.45) is 0. The third-order valence-electron chi connectivity index (χ3n) is 2.80. The lowest BCUT2D eigenvalue weighted by Crippen LogP contribution is -2.13. The molecule has 2 rings (SSSR count). The largest absolute Gasteiger partial charge is 0.494 e. The normalized spacial score (nSPS) is 12.2. The first kappa shape index (κ1) is 14.2. The van der Waals surface area contributed by atoms with Gasteiger partial charge in [0.1, 0.15) is 5.75 Å². The molecule has 0 bridgehead atoms. The molecule has 100 valence electrons. The highest BCUT2D eigenvalue weighted by atomic mass is 35.5. The van der Waals surface area contributed by atoms with Crippen LogP contribution in [0.2, 0.25) is 10.0 Å². The summed E-state index contributed by atoms with van der Waals surface area (Å²) in [6.45, 7) is 2.54. The minimum Gasteiger partial charge on any atom is -0.494 e. The highest BCUT2D eigenvalue weighted by Gasteiger charge is 2.14. The second-order valence-corrected chi connectivity index (χ2v) is 5.02. The first-order valence-electron chi connectivity index (χ1n) is 6.05. The van der Waals surface area contributed by atoms with Gasteiger partial charge in [0.2, 0.25) is 0 Å². The van der Waals surface area contributed by atoms with Gasteiger partial charge >= 0.3 is 0 Å². The van der Waals surface area contributed by atoms with Crippen LogP contribution in [0.25, 0.3) is 0 Å². The minimum atomic E-state index is -0.320. The van der Waals surface area contributed by atoms with Gasteiger partial charge in [-0.25, -0.2) is 0 Å². The summed E-state index contributed by atoms with van der Waals surface area (Å²) in [4.78, 5) is 0. The zero-order valence-electron chi connectivity index (χ0n) is 10.6. The van der Waals surface area contributed by atoms with Crippen molar-refractivity contribution in [2.45, 2.75) is 13.0 Å². The van der Waals surface area contributed by atoms with Gasteiger partial charge in [0.05, 0.1) is 12.6 Å². The molecule has 0 aliphatic heterocycles. The lowest BCUT2D eigenvalue weighted by Gasteiger charge is -2.17. The summed E-state index contributed by atoms with van der Waals surface area (Å²) in [5, 5.41) is 1.15. The van der Waals surface area contributed by atoms with Crippen LogP contribution in [0, 0.1) is 0 Å². The van der Waals surface area contributed by atoms with Crippen molar-refractivity contribution >= 4 is 23.2 Å². The van der Waals surface area contributed by atoms with E-state index in [1.54, 1.807) is 6.07 Å². The van der Waals surface area contributed by atoms with Crippen LogP contribution in [0.3, 0.4) is 0 Å². The van der Waals surface area contributed by atoms with Gasteiger partial charge in [-0.15, -0.1) is 0 Å². The molecule has 0 spiro atoms. The Morgan fingerprint density at radius 1 is 1.11 bits per heavy atom. The maximum Gasteiger partial charge on any atom is 0.124 e. The second kappa shape index (κ2) is 6.29. The summed E-state index contributed by atoms with van der Waals surface area (Å²) in [5.41, 5.74) is 8.07. The van der Waals surface area contributed by atoms with Gasteiger partial charge in [-0.3, -0.25) is 0 Å². The number of nitrogens with two attached hydrogens (primary N) is 1. The number of para-hydroxylation sites is 1. The molecule has 1 atom stereocenters. The summed E-state index contributed by atoms with van der Waals surface area (Å²) in [7, 11) is 0. The average Bonchev–Trinajstić information content (AvgIpc) is 2.38. The number of ether oxygens (including phenoxy) is 1. The Labute approximate surface area is 123 Å². The molecule has 0 amide bonds. The quantitative estimate of drug-likeness (QED) is 0.905. The number of hydrogen-bond acceptors (Lipinski definition) is 2. The van der Waals surface area contributed by atoms with E-state index >= 15 is 0 Å². The molecule has 0 radical (unpaired) electrons. The van der Waals surface area contributed by atoms with Crippen molar-refractivity contribution in [1.82, 2.24) is 0 Å². The number of benzene rings is 2. The SMILES string of the molecule is CCOc1ccccc1C(N)c1cc(Cl)cc(Cl)c1. The average molecular weight is 296 g/mol. The van der Waals surface area contributed by atoms with Crippen LogP contribution in [0.4, 0.5) is 0 Å². The highest BCUT2D eigenvalue weighted by molar-refractivity contribution is 6.34. The van der Waals surface area contributed by atoms with Gasteiger partial charge in [-0.2, -0.15) is 0 Å². The van der Waals surface area contributed by atoms with E-state index in [1.807, 2.05) is 43.3 Å². The Bertz CT molecular complexity index is 552. The molecule has 0 fully saturated rings. The van der Waals surface area contributed by atoms with Crippen LogP contribution in [-0.2, 0) is 0 Å².